The summed E-state index contributed by atoms with van der Waals surface area (Å²) in [5.74, 6) is -1.47. The second-order valence-electron chi connectivity index (χ2n) is 6.20. The molecular weight excluding hydrogens is 304 g/mol. The number of carboxylic acid groups (broad SMARTS) is 1. The van der Waals surface area contributed by atoms with E-state index in [1.807, 2.05) is 6.20 Å². The van der Waals surface area contributed by atoms with E-state index in [-0.39, 0.29) is 7.43 Å². The average Bonchev–Trinajstić information content (AvgIpc) is 3.04. The van der Waals surface area contributed by atoms with Crippen LogP contribution in [0.1, 0.15) is 62.7 Å². The van der Waals surface area contributed by atoms with Gasteiger partial charge in [0, 0.05) is 24.4 Å². The summed E-state index contributed by atoms with van der Waals surface area (Å²) in [6.07, 6.45) is 11.5. The highest BCUT2D eigenvalue weighted by Gasteiger charge is 2.20. The first-order chi connectivity index (χ1) is 11.1. The molecule has 0 aromatic carbocycles. The number of carboxylic acids is 1. The molecule has 1 aliphatic rings. The van der Waals surface area contributed by atoms with Gasteiger partial charge >= 0.3 is 0 Å². The van der Waals surface area contributed by atoms with Gasteiger partial charge in [-0.1, -0.05) is 32.8 Å². The Morgan fingerprint density at radius 3 is 2.67 bits per heavy atom. The maximum Gasteiger partial charge on any atom is 0.123 e. The number of nitrogens with zero attached hydrogens (tertiary/aromatic N) is 3. The van der Waals surface area contributed by atoms with Crippen molar-refractivity contribution in [3.63, 3.8) is 0 Å². The molecule has 3 rings (SSSR count). The lowest BCUT2D eigenvalue weighted by molar-refractivity contribution is -0.308. The summed E-state index contributed by atoms with van der Waals surface area (Å²) in [5, 5.41) is 11.6. The smallest absolute Gasteiger partial charge is 0.123 e. The molecule has 24 heavy (non-hydrogen) atoms. The summed E-state index contributed by atoms with van der Waals surface area (Å²) in [6.45, 7) is 0. The van der Waals surface area contributed by atoms with Crippen molar-refractivity contribution in [2.24, 2.45) is 0 Å². The van der Waals surface area contributed by atoms with Gasteiger partial charge in [0.2, 0.25) is 0 Å². The maximum absolute atomic E-state index is 11.6. The van der Waals surface area contributed by atoms with Gasteiger partial charge in [-0.15, -0.1) is 0 Å². The summed E-state index contributed by atoms with van der Waals surface area (Å²) in [4.78, 5) is 19.9. The second-order valence-corrected chi connectivity index (χ2v) is 6.20. The van der Waals surface area contributed by atoms with E-state index in [1.165, 1.54) is 19.3 Å². The molecule has 6 nitrogen and oxygen atoms in total. The number of pyridine rings is 1. The van der Waals surface area contributed by atoms with Gasteiger partial charge in [0.05, 0.1) is 18.0 Å². The molecule has 130 valence electrons. The van der Waals surface area contributed by atoms with Crippen molar-refractivity contribution in [1.82, 2.24) is 14.5 Å². The van der Waals surface area contributed by atoms with Crippen LogP contribution >= 0.6 is 0 Å². The highest BCUT2D eigenvalue weighted by Crippen LogP contribution is 2.29. The molecular formula is C18H25N4O2-. The summed E-state index contributed by atoms with van der Waals surface area (Å²) in [7, 11) is 0. The minimum absolute atomic E-state index is 0. The maximum atomic E-state index is 11.6. The van der Waals surface area contributed by atoms with Crippen LogP contribution < -0.4 is 10.8 Å². The van der Waals surface area contributed by atoms with Crippen molar-refractivity contribution in [2.75, 3.05) is 5.73 Å². The van der Waals surface area contributed by atoms with Crippen LogP contribution in [0.25, 0.3) is 0 Å². The number of aromatic nitrogens is 3. The number of aliphatic carboxylic acids is 1. The largest absolute Gasteiger partial charge is 0.549 e. The van der Waals surface area contributed by atoms with Crippen molar-refractivity contribution >= 4 is 11.8 Å². The predicted molar refractivity (Wildman–Crippen MR) is 91.2 cm³/mol. The topological polar surface area (TPSA) is 96.9 Å². The zero-order valence-electron chi connectivity index (χ0n) is 13.0. The summed E-state index contributed by atoms with van der Waals surface area (Å²) in [5.41, 5.74) is 6.91. The number of rotatable bonds is 5. The van der Waals surface area contributed by atoms with Crippen molar-refractivity contribution in [1.29, 1.82) is 0 Å². The number of nitrogen functional groups attached to an aromatic ring is 1. The zero-order valence-corrected chi connectivity index (χ0v) is 13.0. The molecule has 0 amide bonds. The summed E-state index contributed by atoms with van der Waals surface area (Å²) < 4.78 is 2.06. The molecule has 1 atom stereocenters. The molecule has 2 aromatic heterocycles. The Morgan fingerprint density at radius 2 is 2.04 bits per heavy atom. The Hall–Kier alpha value is -2.37. The standard InChI is InChI=1S/C17H22N4O2.CH4/c18-16-7-6-12(9-19-16)8-14(17(22)23)15-10-21(11-20-15)13-4-2-1-3-5-13;/h6-7,9-11,13-14H,1-5,8H2,(H2,18,19)(H,22,23);1H4/p-1/t14-;/m1./s1. The number of anilines is 1. The van der Waals surface area contributed by atoms with E-state index < -0.39 is 11.9 Å². The molecule has 0 aliphatic heterocycles. The third-order valence-electron chi connectivity index (χ3n) is 4.55. The molecule has 1 aliphatic carbocycles. The molecule has 2 heterocycles. The van der Waals surface area contributed by atoms with Crippen LogP contribution in [0.3, 0.4) is 0 Å². The molecule has 1 saturated carbocycles. The van der Waals surface area contributed by atoms with Crippen LogP contribution in [0.4, 0.5) is 5.82 Å². The fourth-order valence-electron chi connectivity index (χ4n) is 3.21. The number of hydrogen-bond acceptors (Lipinski definition) is 5. The van der Waals surface area contributed by atoms with E-state index in [4.69, 9.17) is 5.73 Å². The van der Waals surface area contributed by atoms with Crippen molar-refractivity contribution in [2.45, 2.75) is 57.9 Å². The van der Waals surface area contributed by atoms with Gasteiger partial charge in [0.1, 0.15) is 5.82 Å². The number of carbonyl (C=O) groups is 1. The van der Waals surface area contributed by atoms with Crippen LogP contribution in [0, 0.1) is 0 Å². The van der Waals surface area contributed by atoms with Gasteiger partial charge in [-0.05, 0) is 30.9 Å². The lowest BCUT2D eigenvalue weighted by Gasteiger charge is -2.22. The Kier molecular flexibility index (Phi) is 5.95. The quantitative estimate of drug-likeness (QED) is 0.906. The Labute approximate surface area is 142 Å². The SMILES string of the molecule is C.Nc1ccc(C[C@@H](C(=O)[O-])c2cn(C3CCCCC3)cn2)cn1. The molecule has 0 unspecified atom stereocenters. The van der Waals surface area contributed by atoms with Crippen LogP contribution in [0.2, 0.25) is 0 Å². The van der Waals surface area contributed by atoms with E-state index in [2.05, 4.69) is 14.5 Å². The molecule has 1 fully saturated rings. The van der Waals surface area contributed by atoms with Crippen molar-refractivity contribution in [3.05, 3.63) is 42.1 Å². The minimum Gasteiger partial charge on any atom is -0.549 e. The van der Waals surface area contributed by atoms with Gasteiger partial charge in [-0.2, -0.15) is 0 Å². The van der Waals surface area contributed by atoms with Crippen LogP contribution in [-0.4, -0.2) is 20.5 Å². The van der Waals surface area contributed by atoms with E-state index in [1.54, 1.807) is 24.7 Å². The average molecular weight is 329 g/mol. The van der Waals surface area contributed by atoms with E-state index in [9.17, 15) is 9.90 Å². The Bertz CT molecular complexity index is 660. The fourth-order valence-corrected chi connectivity index (χ4v) is 3.21. The number of carbonyl (C=O) groups excluding carboxylic acids is 1. The van der Waals surface area contributed by atoms with Gasteiger partial charge in [0.25, 0.3) is 0 Å². The lowest BCUT2D eigenvalue weighted by Crippen LogP contribution is -2.31. The fraction of sp³-hybridized carbons (Fsp3) is 0.500. The van der Waals surface area contributed by atoms with E-state index >= 15 is 0 Å². The van der Waals surface area contributed by atoms with Crippen molar-refractivity contribution < 1.29 is 9.90 Å². The monoisotopic (exact) mass is 329 g/mol. The first-order valence-electron chi connectivity index (χ1n) is 8.08. The first-order valence-corrected chi connectivity index (χ1v) is 8.08. The molecule has 0 saturated heterocycles. The lowest BCUT2D eigenvalue weighted by atomic mass is 9.95. The van der Waals surface area contributed by atoms with Gasteiger partial charge in [0.15, 0.2) is 0 Å². The molecule has 2 N–H and O–H groups in total. The molecule has 0 radical (unpaired) electrons. The van der Waals surface area contributed by atoms with Gasteiger partial charge in [-0.3, -0.25) is 0 Å². The summed E-state index contributed by atoms with van der Waals surface area (Å²) >= 11 is 0. The molecule has 2 aromatic rings. The number of nitrogens with two attached hydrogens (primary N) is 1. The zero-order chi connectivity index (χ0) is 16.2. The van der Waals surface area contributed by atoms with Gasteiger partial charge in [-0.25, -0.2) is 9.97 Å². The second kappa shape index (κ2) is 7.95. The summed E-state index contributed by atoms with van der Waals surface area (Å²) in [6, 6.07) is 3.89. The predicted octanol–water partition coefficient (Wildman–Crippen LogP) is 2.08. The third kappa shape index (κ3) is 4.13. The van der Waals surface area contributed by atoms with Crippen LogP contribution in [-0.2, 0) is 11.2 Å². The van der Waals surface area contributed by atoms with Gasteiger partial charge < -0.3 is 20.2 Å². The Balaban J connectivity index is 0.00000208. The number of hydrogen-bond donors (Lipinski definition) is 1. The van der Waals surface area contributed by atoms with Crippen molar-refractivity contribution in [3.8, 4) is 0 Å². The van der Waals surface area contributed by atoms with Crippen LogP contribution in [0.5, 0.6) is 0 Å². The molecule has 0 spiro atoms. The first kappa shape index (κ1) is 18.0. The van der Waals surface area contributed by atoms with Crippen LogP contribution in [0.15, 0.2) is 30.9 Å². The third-order valence-corrected chi connectivity index (χ3v) is 4.55. The molecule has 6 heteroatoms. The van der Waals surface area contributed by atoms with E-state index in [0.29, 0.717) is 24.0 Å². The Morgan fingerprint density at radius 1 is 1.29 bits per heavy atom. The highest BCUT2D eigenvalue weighted by molar-refractivity contribution is 5.73. The highest BCUT2D eigenvalue weighted by atomic mass is 16.4. The minimum atomic E-state index is -1.12. The normalized spacial score (nSPS) is 16.3. The number of imidazole rings is 1. The molecule has 0 bridgehead atoms. The van der Waals surface area contributed by atoms with E-state index in [0.717, 1.165) is 18.4 Å².